The zero-order chi connectivity index (χ0) is 13.2. The molecule has 1 saturated heterocycles. The quantitative estimate of drug-likeness (QED) is 0.927. The predicted octanol–water partition coefficient (Wildman–Crippen LogP) is 3.60. The van der Waals surface area contributed by atoms with Crippen molar-refractivity contribution in [3.8, 4) is 0 Å². The molecule has 1 aliphatic rings. The van der Waals surface area contributed by atoms with Gasteiger partial charge in [-0.05, 0) is 38.5 Å². The van der Waals surface area contributed by atoms with Crippen LogP contribution in [0.3, 0.4) is 0 Å². The third-order valence-electron chi connectivity index (χ3n) is 3.81. The molecule has 0 bridgehead atoms. The van der Waals surface area contributed by atoms with E-state index in [1.165, 1.54) is 34.5 Å². The summed E-state index contributed by atoms with van der Waals surface area (Å²) in [4.78, 5) is 3.66. The molecule has 0 saturated carbocycles. The fraction of sp³-hybridized carbons (Fsp3) is 0.467. The first-order chi connectivity index (χ1) is 9.24. The SMILES string of the molecule is CN1CCC(CNCc2sc3ccccc3c2Cl)C1. The van der Waals surface area contributed by atoms with Gasteiger partial charge in [0.15, 0.2) is 0 Å². The van der Waals surface area contributed by atoms with Gasteiger partial charge in [0.05, 0.1) is 5.02 Å². The highest BCUT2D eigenvalue weighted by atomic mass is 35.5. The molecule has 0 aliphatic carbocycles. The van der Waals surface area contributed by atoms with Crippen LogP contribution in [-0.2, 0) is 6.54 Å². The van der Waals surface area contributed by atoms with Crippen LogP contribution in [0.5, 0.6) is 0 Å². The predicted molar refractivity (Wildman–Crippen MR) is 84.1 cm³/mol. The number of hydrogen-bond donors (Lipinski definition) is 1. The maximum absolute atomic E-state index is 6.44. The van der Waals surface area contributed by atoms with Crippen LogP contribution in [0.2, 0.25) is 5.02 Å². The molecule has 1 atom stereocenters. The number of benzene rings is 1. The van der Waals surface area contributed by atoms with Crippen LogP contribution in [0.15, 0.2) is 24.3 Å². The Kier molecular flexibility index (Phi) is 4.08. The second-order valence-corrected chi connectivity index (χ2v) is 6.90. The zero-order valence-electron chi connectivity index (χ0n) is 11.2. The Morgan fingerprint density at radius 2 is 2.26 bits per heavy atom. The third-order valence-corrected chi connectivity index (χ3v) is 5.52. The minimum atomic E-state index is 0.790. The van der Waals surface area contributed by atoms with Crippen molar-refractivity contribution in [3.05, 3.63) is 34.2 Å². The number of nitrogens with zero attached hydrogens (tertiary/aromatic N) is 1. The van der Waals surface area contributed by atoms with Crippen molar-refractivity contribution in [2.24, 2.45) is 5.92 Å². The van der Waals surface area contributed by atoms with E-state index < -0.39 is 0 Å². The molecule has 1 aromatic heterocycles. The van der Waals surface area contributed by atoms with E-state index >= 15 is 0 Å². The van der Waals surface area contributed by atoms with Crippen molar-refractivity contribution in [2.45, 2.75) is 13.0 Å². The molecule has 102 valence electrons. The van der Waals surface area contributed by atoms with Gasteiger partial charge in [-0.1, -0.05) is 29.8 Å². The molecule has 3 rings (SSSR count). The first-order valence-electron chi connectivity index (χ1n) is 6.79. The minimum Gasteiger partial charge on any atom is -0.311 e. The second-order valence-electron chi connectivity index (χ2n) is 5.38. The number of thiophene rings is 1. The first kappa shape index (κ1) is 13.4. The maximum atomic E-state index is 6.44. The maximum Gasteiger partial charge on any atom is 0.0636 e. The molecule has 0 radical (unpaired) electrons. The molecule has 19 heavy (non-hydrogen) atoms. The monoisotopic (exact) mass is 294 g/mol. The standard InChI is InChI=1S/C15H19ClN2S/c1-18-7-6-11(10-18)8-17-9-14-15(16)12-4-2-3-5-13(12)19-14/h2-5,11,17H,6-10H2,1H3. The Labute approximate surface area is 123 Å². The molecule has 1 fully saturated rings. The van der Waals surface area contributed by atoms with Crippen molar-refractivity contribution in [3.63, 3.8) is 0 Å². The highest BCUT2D eigenvalue weighted by Gasteiger charge is 2.19. The van der Waals surface area contributed by atoms with Crippen LogP contribution >= 0.6 is 22.9 Å². The van der Waals surface area contributed by atoms with Gasteiger partial charge in [0.2, 0.25) is 0 Å². The molecule has 2 aromatic rings. The minimum absolute atomic E-state index is 0.790. The summed E-state index contributed by atoms with van der Waals surface area (Å²) in [6.07, 6.45) is 1.31. The van der Waals surface area contributed by atoms with E-state index in [0.717, 1.165) is 24.0 Å². The number of hydrogen-bond acceptors (Lipinski definition) is 3. The average Bonchev–Trinajstić information content (AvgIpc) is 2.96. The average molecular weight is 295 g/mol. The summed E-state index contributed by atoms with van der Waals surface area (Å²) in [7, 11) is 2.20. The first-order valence-corrected chi connectivity index (χ1v) is 7.98. The van der Waals surface area contributed by atoms with Crippen LogP contribution in [0.4, 0.5) is 0 Å². The van der Waals surface area contributed by atoms with E-state index in [-0.39, 0.29) is 0 Å². The van der Waals surface area contributed by atoms with E-state index in [4.69, 9.17) is 11.6 Å². The molecule has 1 unspecified atom stereocenters. The Morgan fingerprint density at radius 3 is 3.00 bits per heavy atom. The van der Waals surface area contributed by atoms with Gasteiger partial charge in [-0.25, -0.2) is 0 Å². The van der Waals surface area contributed by atoms with Gasteiger partial charge >= 0.3 is 0 Å². The van der Waals surface area contributed by atoms with E-state index in [0.29, 0.717) is 0 Å². The van der Waals surface area contributed by atoms with Crippen molar-refractivity contribution < 1.29 is 0 Å². The number of fused-ring (bicyclic) bond motifs is 1. The second kappa shape index (κ2) is 5.80. The molecule has 1 aromatic carbocycles. The summed E-state index contributed by atoms with van der Waals surface area (Å²) in [5.41, 5.74) is 0. The lowest BCUT2D eigenvalue weighted by Gasteiger charge is -2.11. The molecule has 0 spiro atoms. The molecule has 1 aliphatic heterocycles. The number of halogens is 1. The summed E-state index contributed by atoms with van der Waals surface area (Å²) in [6.45, 7) is 4.43. The Morgan fingerprint density at radius 1 is 1.42 bits per heavy atom. The van der Waals surface area contributed by atoms with Crippen LogP contribution in [0.25, 0.3) is 10.1 Å². The smallest absolute Gasteiger partial charge is 0.0636 e. The molecule has 0 amide bonds. The van der Waals surface area contributed by atoms with Gasteiger partial charge in [-0.15, -0.1) is 11.3 Å². The number of rotatable bonds is 4. The number of nitrogens with one attached hydrogen (secondary N) is 1. The van der Waals surface area contributed by atoms with E-state index in [1.54, 1.807) is 11.3 Å². The van der Waals surface area contributed by atoms with Crippen molar-refractivity contribution in [2.75, 3.05) is 26.7 Å². The van der Waals surface area contributed by atoms with E-state index in [1.807, 2.05) is 6.07 Å². The highest BCUT2D eigenvalue weighted by molar-refractivity contribution is 7.19. The van der Waals surface area contributed by atoms with Crippen molar-refractivity contribution in [1.29, 1.82) is 0 Å². The molecular formula is C15H19ClN2S. The molecular weight excluding hydrogens is 276 g/mol. The lowest BCUT2D eigenvalue weighted by molar-refractivity contribution is 0.388. The molecule has 1 N–H and O–H groups in total. The van der Waals surface area contributed by atoms with Gasteiger partial charge in [0.1, 0.15) is 0 Å². The molecule has 4 heteroatoms. The van der Waals surface area contributed by atoms with Crippen molar-refractivity contribution >= 4 is 33.0 Å². The third kappa shape index (κ3) is 2.95. The Bertz CT molecular complexity index is 566. The fourth-order valence-corrected chi connectivity index (χ4v) is 4.23. The summed E-state index contributed by atoms with van der Waals surface area (Å²) in [6, 6.07) is 8.36. The Hall–Kier alpha value is -0.610. The van der Waals surface area contributed by atoms with E-state index in [9.17, 15) is 0 Å². The van der Waals surface area contributed by atoms with Gasteiger partial charge < -0.3 is 10.2 Å². The van der Waals surface area contributed by atoms with Crippen LogP contribution in [-0.4, -0.2) is 31.6 Å². The Balaban J connectivity index is 1.61. The lowest BCUT2D eigenvalue weighted by atomic mass is 10.1. The van der Waals surface area contributed by atoms with Crippen LogP contribution in [0.1, 0.15) is 11.3 Å². The number of likely N-dealkylation sites (tertiary alicyclic amines) is 1. The zero-order valence-corrected chi connectivity index (χ0v) is 12.7. The van der Waals surface area contributed by atoms with Crippen LogP contribution in [0, 0.1) is 5.92 Å². The lowest BCUT2D eigenvalue weighted by Crippen LogP contribution is -2.24. The summed E-state index contributed by atoms with van der Waals surface area (Å²) < 4.78 is 1.28. The molecule has 2 nitrogen and oxygen atoms in total. The normalized spacial score (nSPS) is 20.4. The highest BCUT2D eigenvalue weighted by Crippen LogP contribution is 2.34. The summed E-state index contributed by atoms with van der Waals surface area (Å²) in [5.74, 6) is 0.790. The molecule has 2 heterocycles. The summed E-state index contributed by atoms with van der Waals surface area (Å²) in [5, 5.41) is 5.68. The van der Waals surface area contributed by atoms with E-state index in [2.05, 4.69) is 35.5 Å². The van der Waals surface area contributed by atoms with Crippen LogP contribution < -0.4 is 5.32 Å². The van der Waals surface area contributed by atoms with Gasteiger partial charge in [0, 0.05) is 28.1 Å². The largest absolute Gasteiger partial charge is 0.311 e. The van der Waals surface area contributed by atoms with Gasteiger partial charge in [0.25, 0.3) is 0 Å². The fourth-order valence-electron chi connectivity index (χ4n) is 2.76. The van der Waals surface area contributed by atoms with Gasteiger partial charge in [-0.3, -0.25) is 0 Å². The van der Waals surface area contributed by atoms with Crippen molar-refractivity contribution in [1.82, 2.24) is 10.2 Å². The topological polar surface area (TPSA) is 15.3 Å². The van der Waals surface area contributed by atoms with Gasteiger partial charge in [-0.2, -0.15) is 0 Å². The summed E-state index contributed by atoms with van der Waals surface area (Å²) >= 11 is 8.24.